The topological polar surface area (TPSA) is 65.5 Å². The zero-order chi connectivity index (χ0) is 30.6. The van der Waals surface area contributed by atoms with Gasteiger partial charge in [0.25, 0.3) is 11.8 Å². The third-order valence-electron chi connectivity index (χ3n) is 7.67. The summed E-state index contributed by atoms with van der Waals surface area (Å²) in [5.74, 6) is -1.38. The van der Waals surface area contributed by atoms with Gasteiger partial charge in [0.2, 0.25) is 0 Å². The quantitative estimate of drug-likeness (QED) is 0.331. The van der Waals surface area contributed by atoms with E-state index in [4.69, 9.17) is 4.74 Å². The first kappa shape index (κ1) is 30.4. The lowest BCUT2D eigenvalue weighted by atomic mass is 9.97. The standard InChI is InChI=1S/C32H32F4N4O3/c1-22-2-4-24(5-3-22)29-20-28(23-8-12-27(33)13-9-23)37-40(29)30(41)21-39(15-14-38-16-18-43-19-17-38)31(42)25-6-10-26(11-7-25)32(34,35)36/h2-13,29H,14-21H2,1H3. The molecule has 1 atom stereocenters. The van der Waals surface area contributed by atoms with Crippen LogP contribution in [0.1, 0.15) is 45.1 Å². The van der Waals surface area contributed by atoms with E-state index in [1.807, 2.05) is 31.2 Å². The molecule has 226 valence electrons. The highest BCUT2D eigenvalue weighted by molar-refractivity contribution is 6.03. The van der Waals surface area contributed by atoms with Crippen molar-refractivity contribution in [1.82, 2.24) is 14.8 Å². The van der Waals surface area contributed by atoms with Crippen LogP contribution in [0.5, 0.6) is 0 Å². The number of halogens is 4. The summed E-state index contributed by atoms with van der Waals surface area (Å²) < 4.78 is 58.4. The Kier molecular flexibility index (Phi) is 9.22. The van der Waals surface area contributed by atoms with Crippen molar-refractivity contribution < 1.29 is 31.9 Å². The highest BCUT2D eigenvalue weighted by Gasteiger charge is 2.35. The minimum absolute atomic E-state index is 0.0507. The number of ether oxygens (including phenoxy) is 1. The Morgan fingerprint density at radius 3 is 2.23 bits per heavy atom. The molecule has 0 radical (unpaired) electrons. The van der Waals surface area contributed by atoms with E-state index >= 15 is 0 Å². The van der Waals surface area contributed by atoms with Crippen LogP contribution in [0, 0.1) is 12.7 Å². The zero-order valence-corrected chi connectivity index (χ0v) is 23.7. The van der Waals surface area contributed by atoms with Gasteiger partial charge in [-0.15, -0.1) is 0 Å². The number of rotatable bonds is 8. The normalized spacial score (nSPS) is 17.6. The molecule has 1 unspecified atom stereocenters. The first-order chi connectivity index (χ1) is 20.6. The minimum atomic E-state index is -4.53. The van der Waals surface area contributed by atoms with E-state index < -0.39 is 29.6 Å². The van der Waals surface area contributed by atoms with E-state index in [0.29, 0.717) is 50.5 Å². The number of hydrogen-bond donors (Lipinski definition) is 0. The van der Waals surface area contributed by atoms with Gasteiger partial charge in [0, 0.05) is 38.2 Å². The fourth-order valence-electron chi connectivity index (χ4n) is 5.16. The minimum Gasteiger partial charge on any atom is -0.379 e. The molecule has 1 fully saturated rings. The monoisotopic (exact) mass is 596 g/mol. The molecule has 2 aliphatic heterocycles. The lowest BCUT2D eigenvalue weighted by molar-refractivity contribution is -0.137. The van der Waals surface area contributed by atoms with E-state index in [-0.39, 0.29) is 24.5 Å². The second-order valence-corrected chi connectivity index (χ2v) is 10.7. The number of morpholine rings is 1. The van der Waals surface area contributed by atoms with Crippen molar-refractivity contribution in [2.75, 3.05) is 45.9 Å². The molecular weight excluding hydrogens is 564 g/mol. The first-order valence-electron chi connectivity index (χ1n) is 14.1. The van der Waals surface area contributed by atoms with Gasteiger partial charge < -0.3 is 9.64 Å². The lowest BCUT2D eigenvalue weighted by Crippen LogP contribution is -2.46. The Morgan fingerprint density at radius 1 is 0.953 bits per heavy atom. The van der Waals surface area contributed by atoms with Crippen LogP contribution < -0.4 is 0 Å². The molecule has 0 spiro atoms. The zero-order valence-electron chi connectivity index (χ0n) is 23.7. The Bertz CT molecular complexity index is 1450. The van der Waals surface area contributed by atoms with Gasteiger partial charge in [0.15, 0.2) is 0 Å². The molecule has 2 heterocycles. The summed E-state index contributed by atoms with van der Waals surface area (Å²) in [6.07, 6.45) is -4.14. The lowest BCUT2D eigenvalue weighted by Gasteiger charge is -2.31. The highest BCUT2D eigenvalue weighted by Crippen LogP contribution is 2.33. The van der Waals surface area contributed by atoms with Crippen LogP contribution in [-0.2, 0) is 15.7 Å². The summed E-state index contributed by atoms with van der Waals surface area (Å²) in [6, 6.07) is 17.2. The molecule has 2 amide bonds. The largest absolute Gasteiger partial charge is 0.416 e. The molecule has 0 bridgehead atoms. The van der Waals surface area contributed by atoms with Crippen LogP contribution in [0.4, 0.5) is 17.6 Å². The number of benzene rings is 3. The second-order valence-electron chi connectivity index (χ2n) is 10.7. The maximum Gasteiger partial charge on any atom is 0.416 e. The molecule has 1 saturated heterocycles. The molecule has 5 rings (SSSR count). The number of aryl methyl sites for hydroxylation is 1. The Labute approximate surface area is 247 Å². The van der Waals surface area contributed by atoms with Gasteiger partial charge in [0.1, 0.15) is 12.4 Å². The van der Waals surface area contributed by atoms with Gasteiger partial charge in [0.05, 0.1) is 30.5 Å². The summed E-state index contributed by atoms with van der Waals surface area (Å²) >= 11 is 0. The van der Waals surface area contributed by atoms with Gasteiger partial charge in [-0.3, -0.25) is 14.5 Å². The molecule has 43 heavy (non-hydrogen) atoms. The molecule has 0 aromatic heterocycles. The highest BCUT2D eigenvalue weighted by atomic mass is 19.4. The van der Waals surface area contributed by atoms with Crippen LogP contribution >= 0.6 is 0 Å². The van der Waals surface area contributed by atoms with Gasteiger partial charge in [-0.1, -0.05) is 42.0 Å². The van der Waals surface area contributed by atoms with Crippen molar-refractivity contribution in [1.29, 1.82) is 0 Å². The van der Waals surface area contributed by atoms with E-state index in [0.717, 1.165) is 35.4 Å². The van der Waals surface area contributed by atoms with Crippen molar-refractivity contribution in [3.8, 4) is 0 Å². The Balaban J connectivity index is 1.41. The first-order valence-corrected chi connectivity index (χ1v) is 14.1. The van der Waals surface area contributed by atoms with Crippen molar-refractivity contribution in [2.24, 2.45) is 5.10 Å². The second kappa shape index (κ2) is 13.0. The average molecular weight is 597 g/mol. The van der Waals surface area contributed by atoms with E-state index in [1.165, 1.54) is 22.0 Å². The van der Waals surface area contributed by atoms with Crippen molar-refractivity contribution >= 4 is 17.5 Å². The summed E-state index contributed by atoms with van der Waals surface area (Å²) in [4.78, 5) is 31.0. The molecule has 3 aromatic carbocycles. The molecule has 0 saturated carbocycles. The molecular formula is C32H32F4N4O3. The van der Waals surface area contributed by atoms with Crippen LogP contribution in [0.15, 0.2) is 77.9 Å². The molecule has 0 aliphatic carbocycles. The number of carbonyl (C=O) groups excluding carboxylic acids is 2. The van der Waals surface area contributed by atoms with Crippen molar-refractivity contribution in [3.63, 3.8) is 0 Å². The van der Waals surface area contributed by atoms with E-state index in [2.05, 4.69) is 10.0 Å². The SMILES string of the molecule is Cc1ccc(C2CC(c3ccc(F)cc3)=NN2C(=O)CN(CCN2CCOCC2)C(=O)c2ccc(C(F)(F)F)cc2)cc1. The summed E-state index contributed by atoms with van der Waals surface area (Å²) in [5.41, 5.74) is 2.38. The summed E-state index contributed by atoms with van der Waals surface area (Å²) in [5, 5.41) is 6.00. The predicted molar refractivity (Wildman–Crippen MR) is 153 cm³/mol. The van der Waals surface area contributed by atoms with Crippen LogP contribution in [0.2, 0.25) is 0 Å². The van der Waals surface area contributed by atoms with Gasteiger partial charge in [-0.25, -0.2) is 9.40 Å². The number of amides is 2. The molecule has 2 aliphatic rings. The van der Waals surface area contributed by atoms with Gasteiger partial charge in [-0.2, -0.15) is 18.3 Å². The average Bonchev–Trinajstić information content (AvgIpc) is 3.45. The number of nitrogens with zero attached hydrogens (tertiary/aromatic N) is 4. The predicted octanol–water partition coefficient (Wildman–Crippen LogP) is 5.31. The fourth-order valence-corrected chi connectivity index (χ4v) is 5.16. The maximum atomic E-state index is 13.9. The summed E-state index contributed by atoms with van der Waals surface area (Å²) in [6.45, 7) is 4.73. The fraction of sp³-hybridized carbons (Fsp3) is 0.344. The van der Waals surface area contributed by atoms with Crippen molar-refractivity contribution in [2.45, 2.75) is 25.6 Å². The molecule has 7 nitrogen and oxygen atoms in total. The summed E-state index contributed by atoms with van der Waals surface area (Å²) in [7, 11) is 0. The van der Waals surface area contributed by atoms with Gasteiger partial charge >= 0.3 is 6.18 Å². The van der Waals surface area contributed by atoms with Crippen LogP contribution in [0.3, 0.4) is 0 Å². The Hall–Kier alpha value is -4.09. The number of hydrazone groups is 1. The third-order valence-corrected chi connectivity index (χ3v) is 7.67. The molecule has 3 aromatic rings. The van der Waals surface area contributed by atoms with E-state index in [1.54, 1.807) is 12.1 Å². The van der Waals surface area contributed by atoms with E-state index in [9.17, 15) is 27.2 Å². The number of alkyl halides is 3. The smallest absolute Gasteiger partial charge is 0.379 e. The Morgan fingerprint density at radius 2 is 1.60 bits per heavy atom. The van der Waals surface area contributed by atoms with Crippen LogP contribution in [-0.4, -0.2) is 78.3 Å². The maximum absolute atomic E-state index is 13.9. The molecule has 11 heteroatoms. The van der Waals surface area contributed by atoms with Crippen LogP contribution in [0.25, 0.3) is 0 Å². The van der Waals surface area contributed by atoms with Gasteiger partial charge in [-0.05, 0) is 54.4 Å². The van der Waals surface area contributed by atoms with Crippen molar-refractivity contribution in [3.05, 3.63) is 106 Å². The molecule has 0 N–H and O–H groups in total. The number of hydrogen-bond acceptors (Lipinski definition) is 5. The third kappa shape index (κ3) is 7.47. The number of carbonyl (C=O) groups is 2.